The van der Waals surface area contributed by atoms with Crippen LogP contribution in [0.25, 0.3) is 5.65 Å². The van der Waals surface area contributed by atoms with Crippen LogP contribution in [0.1, 0.15) is 22.5 Å². The van der Waals surface area contributed by atoms with E-state index in [1.807, 2.05) is 12.1 Å². The maximum Gasteiger partial charge on any atom is 0.254 e. The molecule has 1 amide bonds. The summed E-state index contributed by atoms with van der Waals surface area (Å²) in [4.78, 5) is 32.8. The highest BCUT2D eigenvalue weighted by molar-refractivity contribution is 5.94. The monoisotopic (exact) mass is 338 g/mol. The van der Waals surface area contributed by atoms with Crippen LogP contribution in [0.15, 0.2) is 41.5 Å². The molecule has 1 aliphatic rings. The molecule has 1 unspecified atom stereocenters. The highest BCUT2D eigenvalue weighted by Crippen LogP contribution is 2.17. The first kappa shape index (κ1) is 15.4. The molecule has 0 aliphatic carbocycles. The van der Waals surface area contributed by atoms with Crippen LogP contribution in [0.5, 0.6) is 0 Å². The number of carbonyl (C=O) groups excluding carboxylic acids is 1. The first-order valence-corrected chi connectivity index (χ1v) is 8.16. The Balaban J connectivity index is 1.45. The van der Waals surface area contributed by atoms with Gasteiger partial charge in [-0.05, 0) is 31.5 Å². The average molecular weight is 338 g/mol. The summed E-state index contributed by atoms with van der Waals surface area (Å²) in [5, 5.41) is 7.80. The third-order valence-electron chi connectivity index (χ3n) is 4.31. The summed E-state index contributed by atoms with van der Waals surface area (Å²) in [6.45, 7) is 2.99. The number of amides is 1. The summed E-state index contributed by atoms with van der Waals surface area (Å²) in [7, 11) is 0. The van der Waals surface area contributed by atoms with Gasteiger partial charge in [0.1, 0.15) is 5.82 Å². The molecule has 128 valence electrons. The Hall–Kier alpha value is -3.16. The second-order valence-corrected chi connectivity index (χ2v) is 6.25. The van der Waals surface area contributed by atoms with Crippen molar-refractivity contribution in [2.24, 2.45) is 0 Å². The van der Waals surface area contributed by atoms with E-state index in [4.69, 9.17) is 0 Å². The van der Waals surface area contributed by atoms with Crippen LogP contribution in [0.2, 0.25) is 0 Å². The highest BCUT2D eigenvalue weighted by atomic mass is 16.2. The van der Waals surface area contributed by atoms with E-state index in [0.717, 1.165) is 17.9 Å². The second kappa shape index (κ2) is 6.04. The summed E-state index contributed by atoms with van der Waals surface area (Å²) in [6.07, 6.45) is 4.32. The molecule has 8 heteroatoms. The minimum absolute atomic E-state index is 0.114. The summed E-state index contributed by atoms with van der Waals surface area (Å²) in [6, 6.07) is 6.96. The lowest BCUT2D eigenvalue weighted by Gasteiger charge is -2.17. The molecule has 1 fully saturated rings. The van der Waals surface area contributed by atoms with Crippen LogP contribution in [-0.2, 0) is 0 Å². The van der Waals surface area contributed by atoms with Crippen molar-refractivity contribution < 1.29 is 4.79 Å². The number of anilines is 1. The van der Waals surface area contributed by atoms with Crippen molar-refractivity contribution in [3.63, 3.8) is 0 Å². The minimum atomic E-state index is -0.255. The lowest BCUT2D eigenvalue weighted by atomic mass is 10.2. The Bertz CT molecular complexity index is 992. The predicted octanol–water partition coefficient (Wildman–Crippen LogP) is 1.05. The number of nitrogens with one attached hydrogen (secondary N) is 2. The lowest BCUT2D eigenvalue weighted by molar-refractivity contribution is 0.0791. The van der Waals surface area contributed by atoms with Crippen molar-refractivity contribution >= 4 is 17.4 Å². The zero-order chi connectivity index (χ0) is 17.4. The van der Waals surface area contributed by atoms with Gasteiger partial charge in [0.2, 0.25) is 5.56 Å². The number of aromatic amines is 1. The fraction of sp³-hybridized carbons (Fsp3) is 0.294. The molecular formula is C17H18N6O2. The van der Waals surface area contributed by atoms with Gasteiger partial charge in [-0.1, -0.05) is 0 Å². The summed E-state index contributed by atoms with van der Waals surface area (Å²) in [5.41, 5.74) is 1.65. The highest BCUT2D eigenvalue weighted by Gasteiger charge is 2.27. The van der Waals surface area contributed by atoms with Gasteiger partial charge < -0.3 is 15.2 Å². The topological polar surface area (TPSA) is 95.4 Å². The van der Waals surface area contributed by atoms with Crippen LogP contribution >= 0.6 is 0 Å². The Morgan fingerprint density at radius 3 is 3.08 bits per heavy atom. The molecule has 0 saturated carbocycles. The van der Waals surface area contributed by atoms with E-state index >= 15 is 0 Å². The van der Waals surface area contributed by atoms with Crippen LogP contribution < -0.4 is 10.9 Å². The van der Waals surface area contributed by atoms with Gasteiger partial charge in [-0.25, -0.2) is 9.50 Å². The quantitative estimate of drug-likeness (QED) is 0.744. The summed E-state index contributed by atoms with van der Waals surface area (Å²) >= 11 is 0. The Morgan fingerprint density at radius 2 is 2.24 bits per heavy atom. The zero-order valence-corrected chi connectivity index (χ0v) is 13.8. The number of aromatic nitrogens is 4. The van der Waals surface area contributed by atoms with E-state index in [2.05, 4.69) is 20.4 Å². The number of likely N-dealkylation sites (tertiary alicyclic amines) is 1. The van der Waals surface area contributed by atoms with Gasteiger partial charge in [0.15, 0.2) is 5.65 Å². The van der Waals surface area contributed by atoms with E-state index in [-0.39, 0.29) is 17.5 Å². The van der Waals surface area contributed by atoms with Crippen LogP contribution in [-0.4, -0.2) is 49.5 Å². The van der Waals surface area contributed by atoms with E-state index < -0.39 is 0 Å². The minimum Gasteiger partial charge on any atom is -0.364 e. The van der Waals surface area contributed by atoms with E-state index in [9.17, 15) is 9.59 Å². The number of aryl methyl sites for hydroxylation is 1. The molecule has 1 atom stereocenters. The number of nitrogens with zero attached hydrogens (tertiary/aromatic N) is 4. The zero-order valence-electron chi connectivity index (χ0n) is 13.8. The molecule has 1 aliphatic heterocycles. The summed E-state index contributed by atoms with van der Waals surface area (Å²) in [5.74, 6) is 0.633. The molecule has 2 N–H and O–H groups in total. The number of hydrogen-bond donors (Lipinski definition) is 2. The van der Waals surface area contributed by atoms with Gasteiger partial charge >= 0.3 is 0 Å². The van der Waals surface area contributed by atoms with Gasteiger partial charge in [0, 0.05) is 48.8 Å². The Kier molecular flexibility index (Phi) is 3.72. The average Bonchev–Trinajstić information content (AvgIpc) is 3.22. The number of hydrogen-bond acceptors (Lipinski definition) is 5. The Labute approximate surface area is 143 Å². The molecule has 4 heterocycles. The maximum atomic E-state index is 12.6. The maximum absolute atomic E-state index is 12.6. The molecule has 4 rings (SSSR count). The summed E-state index contributed by atoms with van der Waals surface area (Å²) < 4.78 is 1.71. The van der Waals surface area contributed by atoms with Crippen molar-refractivity contribution in [2.45, 2.75) is 19.4 Å². The van der Waals surface area contributed by atoms with Crippen molar-refractivity contribution in [1.29, 1.82) is 0 Å². The third kappa shape index (κ3) is 3.10. The molecule has 1 saturated heterocycles. The number of H-pyrrole nitrogens is 1. The van der Waals surface area contributed by atoms with E-state index in [0.29, 0.717) is 24.3 Å². The van der Waals surface area contributed by atoms with Crippen molar-refractivity contribution in [2.75, 3.05) is 18.4 Å². The molecule has 0 radical (unpaired) electrons. The molecule has 0 spiro atoms. The molecule has 8 nitrogen and oxygen atoms in total. The number of rotatable bonds is 3. The molecule has 3 aromatic heterocycles. The van der Waals surface area contributed by atoms with Crippen molar-refractivity contribution in [1.82, 2.24) is 24.5 Å². The fourth-order valence-electron chi connectivity index (χ4n) is 3.15. The first-order chi connectivity index (χ1) is 12.1. The second-order valence-electron chi connectivity index (χ2n) is 6.25. The largest absolute Gasteiger partial charge is 0.364 e. The van der Waals surface area contributed by atoms with E-state index in [1.165, 1.54) is 6.07 Å². The SMILES string of the molecule is Cc1cc(C(=O)N2CCC(Nc3ccc4nccn4n3)C2)cc(=O)[nH]1. The van der Waals surface area contributed by atoms with Crippen LogP contribution in [0, 0.1) is 6.92 Å². The number of carbonyl (C=O) groups is 1. The van der Waals surface area contributed by atoms with Gasteiger partial charge in [-0.15, -0.1) is 5.10 Å². The number of pyridine rings is 1. The van der Waals surface area contributed by atoms with Crippen molar-refractivity contribution in [3.8, 4) is 0 Å². The molecular weight excluding hydrogens is 320 g/mol. The van der Waals surface area contributed by atoms with Crippen LogP contribution in [0.4, 0.5) is 5.82 Å². The normalized spacial score (nSPS) is 17.2. The Morgan fingerprint density at radius 1 is 1.36 bits per heavy atom. The first-order valence-electron chi connectivity index (χ1n) is 8.16. The standard InChI is InChI=1S/C17H18N6O2/c1-11-8-12(9-16(24)19-11)17(25)22-6-4-13(10-22)20-14-2-3-15-18-5-7-23(15)21-14/h2-3,5,7-9,13H,4,6,10H2,1H3,(H,19,24)(H,20,21). The molecule has 25 heavy (non-hydrogen) atoms. The fourth-order valence-corrected chi connectivity index (χ4v) is 3.15. The third-order valence-corrected chi connectivity index (χ3v) is 4.31. The van der Waals surface area contributed by atoms with Crippen molar-refractivity contribution in [3.05, 3.63) is 58.3 Å². The molecule has 3 aromatic rings. The van der Waals surface area contributed by atoms with Gasteiger partial charge in [-0.3, -0.25) is 9.59 Å². The lowest BCUT2D eigenvalue weighted by Crippen LogP contribution is -2.32. The molecule has 0 aromatic carbocycles. The smallest absolute Gasteiger partial charge is 0.254 e. The van der Waals surface area contributed by atoms with Gasteiger partial charge in [0.25, 0.3) is 5.91 Å². The van der Waals surface area contributed by atoms with E-state index in [1.54, 1.807) is 34.8 Å². The number of imidazole rings is 1. The molecule has 0 bridgehead atoms. The van der Waals surface area contributed by atoms with Crippen LogP contribution in [0.3, 0.4) is 0 Å². The van der Waals surface area contributed by atoms with Gasteiger partial charge in [-0.2, -0.15) is 0 Å². The predicted molar refractivity (Wildman–Crippen MR) is 92.7 cm³/mol. The van der Waals surface area contributed by atoms with Gasteiger partial charge in [0.05, 0.1) is 0 Å². The number of fused-ring (bicyclic) bond motifs is 1.